The molecule has 0 aliphatic heterocycles. The Labute approximate surface area is 194 Å². The number of hydrogen-bond donors (Lipinski definition) is 0. The molecule has 132 valence electrons. The maximum absolute atomic E-state index is 11.9. The van der Waals surface area contributed by atoms with Crippen molar-refractivity contribution in [2.24, 2.45) is 0 Å². The summed E-state index contributed by atoms with van der Waals surface area (Å²) in [5.41, 5.74) is 1.91. The number of unbranched alkanes of at least 4 members (excludes halogenated alkanes) is 4. The molecule has 0 radical (unpaired) electrons. The molecule has 2 aromatic rings. The summed E-state index contributed by atoms with van der Waals surface area (Å²) in [5, 5.41) is 1.50. The second-order valence-corrected chi connectivity index (χ2v) is 7.83. The summed E-state index contributed by atoms with van der Waals surface area (Å²) < 4.78 is 35.6. The first-order valence-corrected chi connectivity index (χ1v) is 10.4. The van der Waals surface area contributed by atoms with Crippen LogP contribution < -0.4 is 51.4 Å². The van der Waals surface area contributed by atoms with E-state index >= 15 is 0 Å². The third kappa shape index (κ3) is 6.72. The minimum Gasteiger partial charge on any atom is -0.744 e. The van der Waals surface area contributed by atoms with Gasteiger partial charge in [-0.15, -0.1) is 0 Å². The van der Waals surface area contributed by atoms with Gasteiger partial charge >= 0.3 is 51.4 Å². The summed E-state index contributed by atoms with van der Waals surface area (Å²) in [5.74, 6) is 0. The average Bonchev–Trinajstić information content (AvgIpc) is 2.54. The Kier molecular flexibility index (Phi) is 10.4. The first-order chi connectivity index (χ1) is 11.5. The molecule has 5 heteroatoms. The number of benzene rings is 2. The molecule has 0 heterocycles. The van der Waals surface area contributed by atoms with Crippen LogP contribution in [0.3, 0.4) is 0 Å². The van der Waals surface area contributed by atoms with Crippen molar-refractivity contribution in [1.29, 1.82) is 0 Å². The van der Waals surface area contributed by atoms with Crippen molar-refractivity contribution in [1.82, 2.24) is 0 Å². The van der Waals surface area contributed by atoms with Gasteiger partial charge in [0.15, 0.2) is 0 Å². The minimum absolute atomic E-state index is 0. The van der Waals surface area contributed by atoms with E-state index in [2.05, 4.69) is 13.8 Å². The zero-order valence-corrected chi connectivity index (χ0v) is 19.6. The van der Waals surface area contributed by atoms with E-state index in [4.69, 9.17) is 0 Å². The molecule has 2 rings (SSSR count). The first kappa shape index (κ1) is 23.3. The van der Waals surface area contributed by atoms with Crippen LogP contribution in [0.5, 0.6) is 0 Å². The van der Waals surface area contributed by atoms with Gasteiger partial charge in [0.1, 0.15) is 10.1 Å². The second kappa shape index (κ2) is 11.2. The standard InChI is InChI=1S/C20H28O3S.K/c1-3-5-7-10-16-14-18-13-9-12-17(11-8-6-4-2)20(18)19(15-16)24(21,22)23;/h9,12-15H,3-8,10-11H2,1-2H3,(H,21,22,23);/q;+1/p-1. The van der Waals surface area contributed by atoms with Gasteiger partial charge in [0.2, 0.25) is 0 Å². The monoisotopic (exact) mass is 386 g/mol. The molecule has 0 atom stereocenters. The van der Waals surface area contributed by atoms with Gasteiger partial charge in [0, 0.05) is 5.39 Å². The normalized spacial score (nSPS) is 11.5. The fourth-order valence-electron chi connectivity index (χ4n) is 3.22. The number of rotatable bonds is 9. The van der Waals surface area contributed by atoms with Crippen molar-refractivity contribution >= 4 is 20.9 Å². The van der Waals surface area contributed by atoms with Gasteiger partial charge in [-0.1, -0.05) is 63.8 Å². The van der Waals surface area contributed by atoms with Crippen LogP contribution in [0.15, 0.2) is 35.2 Å². The predicted molar refractivity (Wildman–Crippen MR) is 98.4 cm³/mol. The van der Waals surface area contributed by atoms with Gasteiger partial charge in [0.25, 0.3) is 0 Å². The number of hydrogen-bond acceptors (Lipinski definition) is 3. The molecule has 0 aromatic heterocycles. The summed E-state index contributed by atoms with van der Waals surface area (Å²) >= 11 is 0. The maximum Gasteiger partial charge on any atom is 1.00 e. The summed E-state index contributed by atoms with van der Waals surface area (Å²) in [6.07, 6.45) is 8.07. The average molecular weight is 387 g/mol. The van der Waals surface area contributed by atoms with Crippen LogP contribution in [-0.2, 0) is 23.0 Å². The Balaban J connectivity index is 0.00000312. The van der Waals surface area contributed by atoms with E-state index in [0.717, 1.165) is 67.9 Å². The van der Waals surface area contributed by atoms with Crippen molar-refractivity contribution < 1.29 is 64.4 Å². The van der Waals surface area contributed by atoms with Gasteiger partial charge in [-0.25, -0.2) is 8.42 Å². The molecule has 0 aliphatic carbocycles. The fourth-order valence-corrected chi connectivity index (χ4v) is 4.01. The second-order valence-electron chi connectivity index (χ2n) is 6.48. The van der Waals surface area contributed by atoms with Gasteiger partial charge in [-0.2, -0.15) is 0 Å². The van der Waals surface area contributed by atoms with Gasteiger partial charge in [-0.3, -0.25) is 0 Å². The van der Waals surface area contributed by atoms with Gasteiger partial charge in [0.05, 0.1) is 4.90 Å². The molecule has 0 aliphatic rings. The maximum atomic E-state index is 11.9. The molecule has 0 fully saturated rings. The third-order valence-corrected chi connectivity index (χ3v) is 5.34. The first-order valence-electron chi connectivity index (χ1n) is 8.97. The number of aryl methyl sites for hydroxylation is 2. The Hall–Kier alpha value is 0.246. The molecule has 2 aromatic carbocycles. The zero-order chi connectivity index (χ0) is 17.6. The third-order valence-electron chi connectivity index (χ3n) is 4.47. The zero-order valence-electron chi connectivity index (χ0n) is 15.7. The van der Waals surface area contributed by atoms with Crippen LogP contribution in [-0.4, -0.2) is 13.0 Å². The molecule has 0 spiro atoms. The smallest absolute Gasteiger partial charge is 0.744 e. The number of fused-ring (bicyclic) bond motifs is 1. The molecule has 25 heavy (non-hydrogen) atoms. The van der Waals surface area contributed by atoms with E-state index in [1.54, 1.807) is 6.07 Å². The molecular formula is C20H27KO3S. The summed E-state index contributed by atoms with van der Waals surface area (Å²) in [6.45, 7) is 4.27. The van der Waals surface area contributed by atoms with Crippen molar-refractivity contribution in [3.63, 3.8) is 0 Å². The molecule has 0 amide bonds. The quantitative estimate of drug-likeness (QED) is 0.377. The van der Waals surface area contributed by atoms with Crippen molar-refractivity contribution in [2.75, 3.05) is 0 Å². The van der Waals surface area contributed by atoms with Crippen LogP contribution in [0.2, 0.25) is 0 Å². The SMILES string of the molecule is CCCCCc1cc(S(=O)(=O)[O-])c2c(CCCCC)cccc2c1.[K+]. The Morgan fingerprint density at radius 1 is 0.920 bits per heavy atom. The fraction of sp³-hybridized carbons (Fsp3) is 0.500. The molecule has 0 bridgehead atoms. The van der Waals surface area contributed by atoms with E-state index in [-0.39, 0.29) is 56.3 Å². The van der Waals surface area contributed by atoms with Crippen LogP contribution in [0.1, 0.15) is 63.5 Å². The summed E-state index contributed by atoms with van der Waals surface area (Å²) in [4.78, 5) is -0.0430. The van der Waals surface area contributed by atoms with Gasteiger partial charge < -0.3 is 4.55 Å². The predicted octanol–water partition coefficient (Wildman–Crippen LogP) is 2.21. The molecule has 0 N–H and O–H groups in total. The van der Waals surface area contributed by atoms with Crippen LogP contribution >= 0.6 is 0 Å². The molecule has 0 unspecified atom stereocenters. The van der Waals surface area contributed by atoms with Crippen LogP contribution in [0.4, 0.5) is 0 Å². The van der Waals surface area contributed by atoms with Crippen molar-refractivity contribution in [3.05, 3.63) is 41.5 Å². The van der Waals surface area contributed by atoms with E-state index in [1.807, 2.05) is 24.3 Å². The van der Waals surface area contributed by atoms with E-state index in [0.29, 0.717) is 5.39 Å². The molecule has 0 saturated carbocycles. The van der Waals surface area contributed by atoms with E-state index in [9.17, 15) is 13.0 Å². The Morgan fingerprint density at radius 2 is 1.56 bits per heavy atom. The van der Waals surface area contributed by atoms with Gasteiger partial charge in [-0.05, 0) is 48.3 Å². The Bertz CT molecular complexity index is 785. The van der Waals surface area contributed by atoms with Crippen LogP contribution in [0.25, 0.3) is 10.8 Å². The van der Waals surface area contributed by atoms with Crippen molar-refractivity contribution in [3.8, 4) is 0 Å². The topological polar surface area (TPSA) is 57.2 Å². The Morgan fingerprint density at radius 3 is 2.16 bits per heavy atom. The summed E-state index contributed by atoms with van der Waals surface area (Å²) in [6, 6.07) is 9.47. The molecular weight excluding hydrogens is 359 g/mol. The van der Waals surface area contributed by atoms with Crippen molar-refractivity contribution in [2.45, 2.75) is 70.1 Å². The van der Waals surface area contributed by atoms with E-state index in [1.165, 1.54) is 0 Å². The molecule has 3 nitrogen and oxygen atoms in total. The minimum atomic E-state index is -4.49. The summed E-state index contributed by atoms with van der Waals surface area (Å²) in [7, 11) is -4.49. The van der Waals surface area contributed by atoms with Crippen LogP contribution in [0, 0.1) is 0 Å². The largest absolute Gasteiger partial charge is 1.00 e. The van der Waals surface area contributed by atoms with E-state index < -0.39 is 10.1 Å². The molecule has 0 saturated heterocycles.